The van der Waals surface area contributed by atoms with Crippen LogP contribution in [0.25, 0.3) is 10.2 Å². The molecular formula is C31H35N5O4S. The molecule has 3 heterocycles. The summed E-state index contributed by atoms with van der Waals surface area (Å²) in [6.07, 6.45) is 3.50. The molecule has 2 aromatic heterocycles. The van der Waals surface area contributed by atoms with Crippen LogP contribution in [0, 0.1) is 5.92 Å². The number of benzene rings is 2. The molecule has 2 aromatic carbocycles. The molecule has 5 rings (SSSR count). The third-order valence-corrected chi connectivity index (χ3v) is 8.47. The Balaban J connectivity index is 1.42. The Hall–Kier alpha value is -3.86. The lowest BCUT2D eigenvalue weighted by atomic mass is 10.0. The van der Waals surface area contributed by atoms with E-state index in [1.165, 1.54) is 11.3 Å². The van der Waals surface area contributed by atoms with Gasteiger partial charge in [0.15, 0.2) is 5.01 Å². The minimum atomic E-state index is -0.310. The van der Waals surface area contributed by atoms with Gasteiger partial charge in [0.25, 0.3) is 11.8 Å². The Morgan fingerprint density at radius 1 is 1.15 bits per heavy atom. The summed E-state index contributed by atoms with van der Waals surface area (Å²) >= 11 is 1.34. The van der Waals surface area contributed by atoms with Gasteiger partial charge < -0.3 is 19.7 Å². The van der Waals surface area contributed by atoms with E-state index in [0.717, 1.165) is 22.3 Å². The Labute approximate surface area is 244 Å². The first-order valence-corrected chi connectivity index (χ1v) is 14.5. The Morgan fingerprint density at radius 3 is 2.73 bits per heavy atom. The second kappa shape index (κ2) is 12.8. The molecule has 1 N–H and O–H groups in total. The van der Waals surface area contributed by atoms with Gasteiger partial charge in [0.2, 0.25) is 0 Å². The molecule has 0 unspecified atom stereocenters. The van der Waals surface area contributed by atoms with Crippen molar-refractivity contribution in [2.75, 3.05) is 39.2 Å². The molecular weight excluding hydrogens is 538 g/mol. The highest BCUT2D eigenvalue weighted by Crippen LogP contribution is 2.28. The molecule has 0 bridgehead atoms. The monoisotopic (exact) mass is 573 g/mol. The number of thiazole rings is 1. The number of ether oxygens (including phenoxy) is 2. The average molecular weight is 574 g/mol. The van der Waals surface area contributed by atoms with Crippen molar-refractivity contribution in [2.45, 2.75) is 32.5 Å². The van der Waals surface area contributed by atoms with Gasteiger partial charge in [0.1, 0.15) is 12.4 Å². The van der Waals surface area contributed by atoms with E-state index in [9.17, 15) is 9.59 Å². The summed E-state index contributed by atoms with van der Waals surface area (Å²) in [7, 11) is 3.47. The van der Waals surface area contributed by atoms with Gasteiger partial charge in [-0.15, -0.1) is 11.3 Å². The number of pyridine rings is 1. The summed E-state index contributed by atoms with van der Waals surface area (Å²) in [5.74, 6) is 0.0995. The first-order valence-electron chi connectivity index (χ1n) is 13.7. The van der Waals surface area contributed by atoms with Gasteiger partial charge in [-0.05, 0) is 48.7 Å². The molecule has 4 aromatic rings. The molecule has 0 aliphatic carbocycles. The maximum atomic E-state index is 13.5. The van der Waals surface area contributed by atoms with Gasteiger partial charge in [0.05, 0.1) is 21.9 Å². The van der Waals surface area contributed by atoms with Gasteiger partial charge in [-0.25, -0.2) is 4.98 Å². The zero-order valence-electron chi connectivity index (χ0n) is 23.7. The highest BCUT2D eigenvalue weighted by atomic mass is 32.1. The number of likely N-dealkylation sites (N-methyl/N-ethyl adjacent to an activating group) is 1. The number of amides is 2. The summed E-state index contributed by atoms with van der Waals surface area (Å²) in [5.41, 5.74) is 2.85. The number of fused-ring (bicyclic) bond motifs is 2. The van der Waals surface area contributed by atoms with Crippen molar-refractivity contribution in [3.05, 3.63) is 83.1 Å². The lowest BCUT2D eigenvalue weighted by molar-refractivity contribution is 0.00920. The summed E-state index contributed by atoms with van der Waals surface area (Å²) in [5, 5.41) is 3.29. The van der Waals surface area contributed by atoms with E-state index in [0.29, 0.717) is 41.7 Å². The fraction of sp³-hybridized carbons (Fsp3) is 0.355. The van der Waals surface area contributed by atoms with E-state index >= 15 is 0 Å². The van der Waals surface area contributed by atoms with Gasteiger partial charge in [0, 0.05) is 64.0 Å². The van der Waals surface area contributed by atoms with Crippen LogP contribution in [-0.2, 0) is 11.3 Å². The van der Waals surface area contributed by atoms with Crippen LogP contribution in [0.1, 0.15) is 39.6 Å². The van der Waals surface area contributed by atoms with Crippen molar-refractivity contribution in [1.82, 2.24) is 19.8 Å². The van der Waals surface area contributed by atoms with E-state index < -0.39 is 0 Å². The van der Waals surface area contributed by atoms with Crippen LogP contribution >= 0.6 is 11.3 Å². The fourth-order valence-electron chi connectivity index (χ4n) is 5.03. The van der Waals surface area contributed by atoms with Crippen molar-refractivity contribution in [2.24, 2.45) is 5.92 Å². The van der Waals surface area contributed by atoms with Crippen LogP contribution < -0.4 is 10.1 Å². The van der Waals surface area contributed by atoms with Crippen LogP contribution in [0.15, 0.2) is 67.0 Å². The van der Waals surface area contributed by atoms with Crippen LogP contribution in [0.2, 0.25) is 0 Å². The molecule has 41 heavy (non-hydrogen) atoms. The minimum absolute atomic E-state index is 0.0243. The molecule has 2 amide bonds. The molecule has 0 spiro atoms. The number of aromatic nitrogens is 2. The normalized spacial score (nSPS) is 20.5. The van der Waals surface area contributed by atoms with Crippen LogP contribution in [0.5, 0.6) is 5.75 Å². The van der Waals surface area contributed by atoms with Gasteiger partial charge in [-0.1, -0.05) is 25.1 Å². The van der Waals surface area contributed by atoms with Gasteiger partial charge in [-0.2, -0.15) is 0 Å². The number of hydrogen-bond donors (Lipinski definition) is 1. The second-order valence-electron chi connectivity index (χ2n) is 10.5. The number of nitrogens with zero attached hydrogens (tertiary/aromatic N) is 4. The lowest BCUT2D eigenvalue weighted by Crippen LogP contribution is -2.46. The number of carbonyl (C=O) groups is 2. The Kier molecular flexibility index (Phi) is 8.92. The maximum Gasteiger partial charge on any atom is 0.284 e. The second-order valence-corrected chi connectivity index (χ2v) is 11.6. The lowest BCUT2D eigenvalue weighted by Gasteiger charge is -2.36. The number of anilines is 1. The van der Waals surface area contributed by atoms with Crippen LogP contribution in [0.4, 0.5) is 5.69 Å². The third-order valence-electron chi connectivity index (χ3n) is 7.43. The molecule has 1 aliphatic heterocycles. The van der Waals surface area contributed by atoms with Crippen LogP contribution in [-0.4, -0.2) is 77.6 Å². The minimum Gasteiger partial charge on any atom is -0.491 e. The van der Waals surface area contributed by atoms with Crippen molar-refractivity contribution < 1.29 is 19.1 Å². The zero-order valence-corrected chi connectivity index (χ0v) is 24.6. The molecule has 0 saturated heterocycles. The molecule has 214 valence electrons. The predicted molar refractivity (Wildman–Crippen MR) is 161 cm³/mol. The molecule has 0 fully saturated rings. The smallest absolute Gasteiger partial charge is 0.284 e. The quantitative estimate of drug-likeness (QED) is 0.361. The van der Waals surface area contributed by atoms with Crippen molar-refractivity contribution >= 4 is 39.1 Å². The van der Waals surface area contributed by atoms with E-state index in [2.05, 4.69) is 40.1 Å². The first kappa shape index (κ1) is 28.7. The van der Waals surface area contributed by atoms with E-state index in [-0.39, 0.29) is 29.9 Å². The molecule has 0 saturated carbocycles. The highest BCUT2D eigenvalue weighted by molar-refractivity contribution is 7.20. The van der Waals surface area contributed by atoms with Crippen molar-refractivity contribution in [1.29, 1.82) is 0 Å². The molecule has 0 radical (unpaired) electrons. The fourth-order valence-corrected chi connectivity index (χ4v) is 5.89. The summed E-state index contributed by atoms with van der Waals surface area (Å²) in [6.45, 7) is 6.51. The highest BCUT2D eigenvalue weighted by Gasteiger charge is 2.28. The number of nitrogens with one attached hydrogen (secondary N) is 1. The first-order chi connectivity index (χ1) is 19.8. The molecule has 3 atom stereocenters. The number of para-hydroxylation sites is 1. The summed E-state index contributed by atoms with van der Waals surface area (Å²) in [6, 6.07) is 16.8. The average Bonchev–Trinajstić information content (AvgIpc) is 3.43. The topological polar surface area (TPSA) is 96.9 Å². The van der Waals surface area contributed by atoms with E-state index in [4.69, 9.17) is 9.47 Å². The standard InChI is InChI=1S/C31H35N5O4S/c1-20-16-36(17-22-8-7-13-32-15-22)21(2)19-40-26-14-23(11-12-24(26)31(38)35(3)18-27(20)39-4)33-29(37)30-34-25-9-5-6-10-28(25)41-30/h5-15,20-21,27H,16-19H2,1-4H3,(H,33,37)/t20-,21-,27+/m0/s1. The molecule has 1 aliphatic rings. The van der Waals surface area contributed by atoms with Gasteiger partial charge >= 0.3 is 0 Å². The van der Waals surface area contributed by atoms with Crippen molar-refractivity contribution in [3.8, 4) is 5.75 Å². The molecule has 10 heteroatoms. The number of hydrogen-bond acceptors (Lipinski definition) is 8. The largest absolute Gasteiger partial charge is 0.491 e. The van der Waals surface area contributed by atoms with Gasteiger partial charge in [-0.3, -0.25) is 19.5 Å². The summed E-state index contributed by atoms with van der Waals surface area (Å²) < 4.78 is 13.1. The third kappa shape index (κ3) is 6.73. The number of carbonyl (C=O) groups excluding carboxylic acids is 2. The summed E-state index contributed by atoms with van der Waals surface area (Å²) in [4.78, 5) is 39.3. The van der Waals surface area contributed by atoms with Crippen LogP contribution in [0.3, 0.4) is 0 Å². The van der Waals surface area contributed by atoms with Crippen molar-refractivity contribution in [3.63, 3.8) is 0 Å². The number of methoxy groups -OCH3 is 1. The maximum absolute atomic E-state index is 13.5. The van der Waals surface area contributed by atoms with E-state index in [1.807, 2.05) is 36.5 Å². The SMILES string of the molecule is CO[C@@H]1CN(C)C(=O)c2ccc(NC(=O)c3nc4ccccc4s3)cc2OC[C@H](C)N(Cc2cccnc2)C[C@@H]1C. The van der Waals surface area contributed by atoms with E-state index in [1.54, 1.807) is 43.5 Å². The number of rotatable bonds is 5. The Bertz CT molecular complexity index is 1480. The molecule has 9 nitrogen and oxygen atoms in total. The zero-order chi connectivity index (χ0) is 28.9. The Morgan fingerprint density at radius 2 is 1.98 bits per heavy atom. The predicted octanol–water partition coefficient (Wildman–Crippen LogP) is 4.95.